The summed E-state index contributed by atoms with van der Waals surface area (Å²) >= 11 is 3.32. The van der Waals surface area contributed by atoms with E-state index >= 15 is 0 Å². The van der Waals surface area contributed by atoms with Gasteiger partial charge in [-0.1, -0.05) is 28.9 Å². The van der Waals surface area contributed by atoms with Gasteiger partial charge in [-0.3, -0.25) is 9.59 Å². The summed E-state index contributed by atoms with van der Waals surface area (Å²) in [6.45, 7) is 9.29. The van der Waals surface area contributed by atoms with Gasteiger partial charge in [0.05, 0.1) is 5.33 Å². The third kappa shape index (κ3) is 3.00. The van der Waals surface area contributed by atoms with Gasteiger partial charge in [-0.25, -0.2) is 0 Å². The summed E-state index contributed by atoms with van der Waals surface area (Å²) in [7, 11) is 0. The molecule has 1 aliphatic heterocycles. The van der Waals surface area contributed by atoms with Crippen LogP contribution in [0.2, 0.25) is 0 Å². The van der Waals surface area contributed by atoms with Gasteiger partial charge in [0.25, 0.3) is 0 Å². The maximum absolute atomic E-state index is 12.6. The average molecular weight is 415 g/mol. The zero-order valence-electron chi connectivity index (χ0n) is 15.5. The fraction of sp³-hybridized carbons (Fsp3) is 0.789. The van der Waals surface area contributed by atoms with E-state index in [2.05, 4.69) is 28.9 Å². The van der Waals surface area contributed by atoms with Crippen LogP contribution in [0.5, 0.6) is 0 Å². The highest BCUT2D eigenvalue weighted by Gasteiger charge is 2.67. The lowest BCUT2D eigenvalue weighted by atomic mass is 9.57. The second kappa shape index (κ2) is 6.46. The molecular formula is C19H27BrO5. The normalized spacial score (nSPS) is 42.2. The number of halogens is 1. The highest BCUT2D eigenvalue weighted by atomic mass is 79.9. The van der Waals surface area contributed by atoms with E-state index in [1.165, 1.54) is 6.92 Å². The zero-order valence-corrected chi connectivity index (χ0v) is 17.1. The van der Waals surface area contributed by atoms with Crippen LogP contribution < -0.4 is 0 Å². The largest absolute Gasteiger partial charge is 0.455 e. The Hall–Kier alpha value is -0.720. The second-order valence-electron chi connectivity index (χ2n) is 8.05. The predicted molar refractivity (Wildman–Crippen MR) is 96.3 cm³/mol. The number of hydrogen-bond acceptors (Lipinski definition) is 5. The van der Waals surface area contributed by atoms with Crippen molar-refractivity contribution >= 4 is 27.7 Å². The van der Waals surface area contributed by atoms with E-state index in [1.807, 2.05) is 20.8 Å². The molecule has 1 heterocycles. The second-order valence-corrected chi connectivity index (χ2v) is 8.61. The monoisotopic (exact) mass is 414 g/mol. The molecular weight excluding hydrogens is 388 g/mol. The van der Waals surface area contributed by atoms with Gasteiger partial charge >= 0.3 is 5.97 Å². The molecule has 0 bridgehead atoms. The number of carbonyl (C=O) groups excluding carboxylic acids is 2. The molecule has 0 aromatic carbocycles. The molecule has 0 radical (unpaired) electrons. The predicted octanol–water partition coefficient (Wildman–Crippen LogP) is 3.39. The zero-order chi connectivity index (χ0) is 18.6. The molecule has 3 aliphatic rings. The van der Waals surface area contributed by atoms with Crippen molar-refractivity contribution in [1.29, 1.82) is 0 Å². The van der Waals surface area contributed by atoms with Crippen LogP contribution in [0.25, 0.3) is 0 Å². The number of ketones is 1. The molecule has 0 aromatic heterocycles. The molecule has 2 fully saturated rings. The Morgan fingerprint density at radius 2 is 2.04 bits per heavy atom. The average Bonchev–Trinajstić information content (AvgIpc) is 2.81. The summed E-state index contributed by atoms with van der Waals surface area (Å²) in [5, 5.41) is 0.341. The Labute approximate surface area is 157 Å². The minimum Gasteiger partial charge on any atom is -0.455 e. The minimum atomic E-state index is -0.784. The van der Waals surface area contributed by atoms with Crippen LogP contribution in [0, 0.1) is 17.8 Å². The molecule has 3 rings (SSSR count). The van der Waals surface area contributed by atoms with Crippen molar-refractivity contribution in [2.24, 2.45) is 17.8 Å². The van der Waals surface area contributed by atoms with Crippen LogP contribution in [0.1, 0.15) is 47.5 Å². The van der Waals surface area contributed by atoms with Crippen LogP contribution in [0.15, 0.2) is 11.6 Å². The maximum atomic E-state index is 12.6. The van der Waals surface area contributed by atoms with Crippen molar-refractivity contribution in [2.45, 2.75) is 71.1 Å². The standard InChI is InChI=1S/C19H27BrO5/c1-10-8-14-13(15(22)9-20)7-6-11(2)19(14)17(16(10)23-12(3)21)24-18(4,5)25-19/h8,11,13-14,16-17H,6-7,9H2,1-5H3/t11-,13+,14+,16-,17+,19+/m1/s1. The number of carbonyl (C=O) groups is 2. The third-order valence-corrected chi connectivity index (χ3v) is 6.47. The van der Waals surface area contributed by atoms with Gasteiger partial charge in [0, 0.05) is 18.8 Å². The van der Waals surface area contributed by atoms with Crippen LogP contribution >= 0.6 is 15.9 Å². The van der Waals surface area contributed by atoms with Gasteiger partial charge < -0.3 is 14.2 Å². The van der Waals surface area contributed by atoms with Gasteiger partial charge in [0.1, 0.15) is 17.5 Å². The fourth-order valence-corrected chi connectivity index (χ4v) is 5.39. The summed E-state index contributed by atoms with van der Waals surface area (Å²) in [4.78, 5) is 24.2. The number of alkyl halides is 1. The van der Waals surface area contributed by atoms with E-state index in [-0.39, 0.29) is 29.5 Å². The molecule has 0 unspecified atom stereocenters. The van der Waals surface area contributed by atoms with Gasteiger partial charge in [-0.2, -0.15) is 0 Å². The molecule has 2 aliphatic carbocycles. The van der Waals surface area contributed by atoms with Gasteiger partial charge in [0.2, 0.25) is 0 Å². The summed E-state index contributed by atoms with van der Waals surface area (Å²) < 4.78 is 18.4. The van der Waals surface area contributed by atoms with Crippen molar-refractivity contribution in [2.75, 3.05) is 5.33 Å². The van der Waals surface area contributed by atoms with Crippen LogP contribution in [0.4, 0.5) is 0 Å². The van der Waals surface area contributed by atoms with E-state index in [0.717, 1.165) is 18.4 Å². The molecule has 0 amide bonds. The van der Waals surface area contributed by atoms with E-state index in [1.54, 1.807) is 0 Å². The molecule has 140 valence electrons. The van der Waals surface area contributed by atoms with Crippen molar-refractivity contribution in [3.05, 3.63) is 11.6 Å². The smallest absolute Gasteiger partial charge is 0.303 e. The Kier molecular flexibility index (Phi) is 4.93. The summed E-state index contributed by atoms with van der Waals surface area (Å²) in [5.41, 5.74) is 0.285. The Morgan fingerprint density at radius 1 is 1.36 bits per heavy atom. The lowest BCUT2D eigenvalue weighted by Crippen LogP contribution is -2.63. The first-order valence-electron chi connectivity index (χ1n) is 8.94. The maximum Gasteiger partial charge on any atom is 0.303 e. The molecule has 1 saturated heterocycles. The lowest BCUT2D eigenvalue weighted by molar-refractivity contribution is -0.196. The van der Waals surface area contributed by atoms with E-state index in [0.29, 0.717) is 5.33 Å². The summed E-state index contributed by atoms with van der Waals surface area (Å²) in [5.74, 6) is -0.905. The molecule has 5 nitrogen and oxygen atoms in total. The molecule has 0 N–H and O–H groups in total. The quantitative estimate of drug-likeness (QED) is 0.402. The van der Waals surface area contributed by atoms with Crippen molar-refractivity contribution < 1.29 is 23.8 Å². The molecule has 25 heavy (non-hydrogen) atoms. The number of esters is 1. The molecule has 6 atom stereocenters. The number of ether oxygens (including phenoxy) is 3. The topological polar surface area (TPSA) is 61.8 Å². The number of rotatable bonds is 3. The van der Waals surface area contributed by atoms with Gasteiger partial charge in [0.15, 0.2) is 11.9 Å². The third-order valence-electron chi connectivity index (χ3n) is 5.92. The SMILES string of the molecule is CC(=O)O[C@@H]1C(C)=C[C@H]2[C@@H](C(=O)CBr)CC[C@@H](C)[C@]23OC(C)(C)O[C@@H]13. The van der Waals surface area contributed by atoms with Crippen molar-refractivity contribution in [3.63, 3.8) is 0 Å². The number of hydrogen-bond donors (Lipinski definition) is 0. The first kappa shape index (κ1) is 19.1. The lowest BCUT2D eigenvalue weighted by Gasteiger charge is -2.53. The van der Waals surface area contributed by atoms with Gasteiger partial charge in [-0.15, -0.1) is 0 Å². The highest BCUT2D eigenvalue weighted by molar-refractivity contribution is 9.09. The van der Waals surface area contributed by atoms with Crippen LogP contribution in [-0.2, 0) is 23.8 Å². The first-order chi connectivity index (χ1) is 11.6. The minimum absolute atomic E-state index is 0.0696. The Bertz CT molecular complexity index is 613. The van der Waals surface area contributed by atoms with E-state index in [9.17, 15) is 9.59 Å². The molecule has 6 heteroatoms. The molecule has 1 saturated carbocycles. The van der Waals surface area contributed by atoms with E-state index < -0.39 is 23.6 Å². The van der Waals surface area contributed by atoms with Gasteiger partial charge in [-0.05, 0) is 45.1 Å². The van der Waals surface area contributed by atoms with Crippen LogP contribution in [-0.4, -0.2) is 40.7 Å². The molecule has 1 spiro atoms. The van der Waals surface area contributed by atoms with Crippen molar-refractivity contribution in [3.8, 4) is 0 Å². The summed E-state index contributed by atoms with van der Waals surface area (Å²) in [6.07, 6.45) is 2.94. The first-order valence-corrected chi connectivity index (χ1v) is 10.1. The molecule has 0 aromatic rings. The highest BCUT2D eigenvalue weighted by Crippen LogP contribution is 2.58. The van der Waals surface area contributed by atoms with Crippen molar-refractivity contribution in [1.82, 2.24) is 0 Å². The van der Waals surface area contributed by atoms with E-state index in [4.69, 9.17) is 14.2 Å². The number of Topliss-reactive ketones (excluding diaryl/α,β-unsaturated/α-hetero) is 1. The Balaban J connectivity index is 2.12. The fourth-order valence-electron chi connectivity index (χ4n) is 4.98. The van der Waals surface area contributed by atoms with Crippen LogP contribution in [0.3, 0.4) is 0 Å². The summed E-state index contributed by atoms with van der Waals surface area (Å²) in [6, 6.07) is 0. The Morgan fingerprint density at radius 3 is 2.64 bits per heavy atom.